The van der Waals surface area contributed by atoms with Gasteiger partial charge in [-0.2, -0.15) is 0 Å². The van der Waals surface area contributed by atoms with Crippen LogP contribution in [-0.4, -0.2) is 37.0 Å². The zero-order chi connectivity index (χ0) is 17.9. The van der Waals surface area contributed by atoms with Crippen LogP contribution in [-0.2, 0) is 30.5 Å². The van der Waals surface area contributed by atoms with Gasteiger partial charge >= 0.3 is 5.97 Å². The number of nitrogens with two attached hydrogens (primary N) is 1. The van der Waals surface area contributed by atoms with E-state index in [0.29, 0.717) is 0 Å². The summed E-state index contributed by atoms with van der Waals surface area (Å²) in [5.41, 5.74) is 6.25. The van der Waals surface area contributed by atoms with Gasteiger partial charge < -0.3 is 20.5 Å². The first-order chi connectivity index (χ1) is 11.4. The van der Waals surface area contributed by atoms with Crippen LogP contribution in [0.4, 0.5) is 0 Å². The minimum absolute atomic E-state index is 0.00734. The summed E-state index contributed by atoms with van der Waals surface area (Å²) < 4.78 is 10.1. The van der Waals surface area contributed by atoms with E-state index in [1.165, 1.54) is 0 Å². The predicted molar refractivity (Wildman–Crippen MR) is 87.6 cm³/mol. The van der Waals surface area contributed by atoms with Crippen LogP contribution < -0.4 is 11.1 Å². The van der Waals surface area contributed by atoms with Gasteiger partial charge in [-0.25, -0.2) is 0 Å². The lowest BCUT2D eigenvalue weighted by Gasteiger charge is -2.21. The average Bonchev–Trinajstić information content (AvgIpc) is 2.53. The number of ether oxygens (including phenoxy) is 2. The third-order valence-corrected chi connectivity index (χ3v) is 3.33. The molecule has 0 fully saturated rings. The number of hydrogen-bond donors (Lipinski definition) is 2. The van der Waals surface area contributed by atoms with Crippen LogP contribution in [0.5, 0.6) is 0 Å². The number of hydrogen-bond acceptors (Lipinski definition) is 5. The summed E-state index contributed by atoms with van der Waals surface area (Å²) in [7, 11) is 0. The maximum Gasteiger partial charge on any atom is 0.306 e. The number of amides is 2. The molecule has 0 saturated heterocycles. The van der Waals surface area contributed by atoms with Crippen LogP contribution in [0.1, 0.15) is 25.8 Å². The summed E-state index contributed by atoms with van der Waals surface area (Å²) in [4.78, 5) is 34.9. The van der Waals surface area contributed by atoms with Crippen LogP contribution in [0.25, 0.3) is 0 Å². The molecule has 0 aromatic heterocycles. The number of nitrogens with one attached hydrogen (secondary N) is 1. The first-order valence-electron chi connectivity index (χ1n) is 7.80. The van der Waals surface area contributed by atoms with Crippen LogP contribution in [0.3, 0.4) is 0 Å². The fraction of sp³-hybridized carbons (Fsp3) is 0.471. The third kappa shape index (κ3) is 7.23. The number of rotatable bonds is 10. The van der Waals surface area contributed by atoms with Gasteiger partial charge in [0.25, 0.3) is 0 Å². The molecule has 0 radical (unpaired) electrons. The second-order valence-electron chi connectivity index (χ2n) is 5.41. The Morgan fingerprint density at radius 2 is 1.88 bits per heavy atom. The number of benzene rings is 1. The first kappa shape index (κ1) is 19.6. The van der Waals surface area contributed by atoms with E-state index >= 15 is 0 Å². The van der Waals surface area contributed by atoms with Crippen LogP contribution in [0, 0.1) is 5.92 Å². The molecule has 0 bridgehead atoms. The van der Waals surface area contributed by atoms with Crippen molar-refractivity contribution in [2.24, 2.45) is 11.7 Å². The molecule has 0 heterocycles. The fourth-order valence-electron chi connectivity index (χ4n) is 2.15. The lowest BCUT2D eigenvalue weighted by molar-refractivity contribution is -0.145. The highest BCUT2D eigenvalue weighted by atomic mass is 16.5. The van der Waals surface area contributed by atoms with Gasteiger partial charge in [-0.1, -0.05) is 37.3 Å². The Kier molecular flexibility index (Phi) is 8.49. The van der Waals surface area contributed by atoms with Crippen LogP contribution in [0.2, 0.25) is 0 Å². The molecule has 132 valence electrons. The smallest absolute Gasteiger partial charge is 0.306 e. The second kappa shape index (κ2) is 10.4. The molecule has 3 N–H and O–H groups in total. The maximum atomic E-state index is 11.9. The van der Waals surface area contributed by atoms with Crippen LogP contribution in [0.15, 0.2) is 30.3 Å². The van der Waals surface area contributed by atoms with E-state index in [-0.39, 0.29) is 26.2 Å². The van der Waals surface area contributed by atoms with E-state index in [1.54, 1.807) is 13.8 Å². The predicted octanol–water partition coefficient (Wildman–Crippen LogP) is 0.763. The van der Waals surface area contributed by atoms with Gasteiger partial charge in [0.05, 0.1) is 19.6 Å². The molecule has 2 amide bonds. The Hall–Kier alpha value is -2.41. The van der Waals surface area contributed by atoms with Crippen molar-refractivity contribution in [2.45, 2.75) is 32.9 Å². The zero-order valence-electron chi connectivity index (χ0n) is 14.0. The van der Waals surface area contributed by atoms with Gasteiger partial charge in [-0.05, 0) is 18.4 Å². The molecular formula is C17H24N2O5. The molecule has 0 unspecified atom stereocenters. The largest absolute Gasteiger partial charge is 0.466 e. The molecule has 24 heavy (non-hydrogen) atoms. The summed E-state index contributed by atoms with van der Waals surface area (Å²) >= 11 is 0. The average molecular weight is 336 g/mol. The van der Waals surface area contributed by atoms with E-state index in [9.17, 15) is 14.4 Å². The normalized spacial score (nSPS) is 12.9. The Labute approximate surface area is 141 Å². The summed E-state index contributed by atoms with van der Waals surface area (Å²) in [6, 6.07) is 8.44. The zero-order valence-corrected chi connectivity index (χ0v) is 14.0. The maximum absolute atomic E-state index is 11.9. The SMILES string of the molecule is CCOC(=O)C[C@H](C)[C@H](NC(=O)COCc1ccccc1)C(N)=O. The van der Waals surface area contributed by atoms with Crippen molar-refractivity contribution in [1.82, 2.24) is 5.32 Å². The molecule has 0 aliphatic carbocycles. The lowest BCUT2D eigenvalue weighted by atomic mass is 9.97. The molecular weight excluding hydrogens is 312 g/mol. The summed E-state index contributed by atoms with van der Waals surface area (Å²) in [6.45, 7) is 3.68. The quantitative estimate of drug-likeness (QED) is 0.613. The van der Waals surface area contributed by atoms with Crippen molar-refractivity contribution in [1.29, 1.82) is 0 Å². The molecule has 2 atom stereocenters. The lowest BCUT2D eigenvalue weighted by Crippen LogP contribution is -2.49. The molecule has 0 saturated carbocycles. The van der Waals surface area contributed by atoms with Crippen molar-refractivity contribution in [3.8, 4) is 0 Å². The Bertz CT molecular complexity index is 547. The van der Waals surface area contributed by atoms with Crippen LogP contribution >= 0.6 is 0 Å². The van der Waals surface area contributed by atoms with Crippen molar-refractivity contribution in [3.05, 3.63) is 35.9 Å². The summed E-state index contributed by atoms with van der Waals surface area (Å²) in [6.07, 6.45) is -0.00734. The number of primary amides is 1. The summed E-state index contributed by atoms with van der Waals surface area (Å²) in [5.74, 6) is -2.08. The Balaban J connectivity index is 2.44. The minimum Gasteiger partial charge on any atom is -0.466 e. The highest BCUT2D eigenvalue weighted by molar-refractivity contribution is 5.87. The molecule has 1 aromatic carbocycles. The van der Waals surface area contributed by atoms with Gasteiger partial charge in [-0.15, -0.1) is 0 Å². The molecule has 7 nitrogen and oxygen atoms in total. The molecule has 7 heteroatoms. The van der Waals surface area contributed by atoms with Gasteiger partial charge in [0.1, 0.15) is 12.6 Å². The van der Waals surface area contributed by atoms with Crippen molar-refractivity contribution in [2.75, 3.05) is 13.2 Å². The minimum atomic E-state index is -0.956. The molecule has 0 aliphatic heterocycles. The number of carbonyl (C=O) groups excluding carboxylic acids is 3. The van der Waals surface area contributed by atoms with E-state index in [0.717, 1.165) is 5.56 Å². The number of esters is 1. The standard InChI is InChI=1S/C17H24N2O5/c1-3-24-15(21)9-12(2)16(17(18)22)19-14(20)11-23-10-13-7-5-4-6-8-13/h4-8,12,16H,3,9-11H2,1-2H3,(H2,18,22)(H,19,20)/t12-,16-/m0/s1. The molecule has 0 aliphatic rings. The van der Waals surface area contributed by atoms with Gasteiger partial charge in [-0.3, -0.25) is 14.4 Å². The van der Waals surface area contributed by atoms with E-state index in [4.69, 9.17) is 15.2 Å². The van der Waals surface area contributed by atoms with Gasteiger partial charge in [0.15, 0.2) is 0 Å². The van der Waals surface area contributed by atoms with Gasteiger partial charge in [0, 0.05) is 0 Å². The van der Waals surface area contributed by atoms with Crippen molar-refractivity contribution in [3.63, 3.8) is 0 Å². The molecule has 1 rings (SSSR count). The first-order valence-corrected chi connectivity index (χ1v) is 7.80. The third-order valence-electron chi connectivity index (χ3n) is 3.33. The Morgan fingerprint density at radius 1 is 1.21 bits per heavy atom. The van der Waals surface area contributed by atoms with E-state index < -0.39 is 29.7 Å². The van der Waals surface area contributed by atoms with Crippen molar-refractivity contribution >= 4 is 17.8 Å². The molecule has 0 spiro atoms. The number of carbonyl (C=O) groups is 3. The highest BCUT2D eigenvalue weighted by Gasteiger charge is 2.27. The summed E-state index contributed by atoms with van der Waals surface area (Å²) in [5, 5.41) is 2.50. The topological polar surface area (TPSA) is 108 Å². The second-order valence-corrected chi connectivity index (χ2v) is 5.41. The van der Waals surface area contributed by atoms with Crippen molar-refractivity contribution < 1.29 is 23.9 Å². The fourth-order valence-corrected chi connectivity index (χ4v) is 2.15. The van der Waals surface area contributed by atoms with E-state index in [1.807, 2.05) is 30.3 Å². The van der Waals surface area contributed by atoms with Gasteiger partial charge in [0.2, 0.25) is 11.8 Å². The highest BCUT2D eigenvalue weighted by Crippen LogP contribution is 2.10. The monoisotopic (exact) mass is 336 g/mol. The molecule has 1 aromatic rings. The Morgan fingerprint density at radius 3 is 2.46 bits per heavy atom. The van der Waals surface area contributed by atoms with E-state index in [2.05, 4.69) is 5.32 Å².